The SMILES string of the molecule is N#CCc1ccc(NC(=O)c2c(F)c(F)c(F)c(F)c2F)cc1. The summed E-state index contributed by atoms with van der Waals surface area (Å²) < 4.78 is 66.1. The molecular weight excluding hydrogens is 319 g/mol. The van der Waals surface area contributed by atoms with Gasteiger partial charge in [0.1, 0.15) is 5.56 Å². The molecule has 8 heteroatoms. The molecule has 2 aromatic rings. The van der Waals surface area contributed by atoms with Gasteiger partial charge < -0.3 is 5.32 Å². The first-order valence-electron chi connectivity index (χ1n) is 6.15. The zero-order chi connectivity index (χ0) is 17.1. The molecule has 23 heavy (non-hydrogen) atoms. The fraction of sp³-hybridized carbons (Fsp3) is 0.0667. The van der Waals surface area contributed by atoms with Crippen molar-refractivity contribution in [1.82, 2.24) is 0 Å². The van der Waals surface area contributed by atoms with E-state index >= 15 is 0 Å². The number of carbonyl (C=O) groups excluding carboxylic acids is 1. The van der Waals surface area contributed by atoms with Crippen LogP contribution in [0.1, 0.15) is 15.9 Å². The van der Waals surface area contributed by atoms with Crippen molar-refractivity contribution in [3.8, 4) is 6.07 Å². The van der Waals surface area contributed by atoms with E-state index in [2.05, 4.69) is 0 Å². The molecule has 0 spiro atoms. The first kappa shape index (κ1) is 16.4. The average Bonchev–Trinajstić information content (AvgIpc) is 2.53. The van der Waals surface area contributed by atoms with E-state index in [1.807, 2.05) is 11.4 Å². The Morgan fingerprint density at radius 1 is 0.913 bits per heavy atom. The number of nitriles is 1. The highest BCUT2D eigenvalue weighted by molar-refractivity contribution is 6.04. The summed E-state index contributed by atoms with van der Waals surface area (Å²) in [6.07, 6.45) is 0.117. The van der Waals surface area contributed by atoms with Gasteiger partial charge in [0, 0.05) is 5.69 Å². The number of hydrogen-bond donors (Lipinski definition) is 1. The number of rotatable bonds is 3. The van der Waals surface area contributed by atoms with Gasteiger partial charge in [0.05, 0.1) is 12.5 Å². The third kappa shape index (κ3) is 3.13. The molecule has 1 N–H and O–H groups in total. The van der Waals surface area contributed by atoms with Gasteiger partial charge in [0.15, 0.2) is 23.3 Å². The molecule has 0 saturated heterocycles. The first-order chi connectivity index (χ1) is 10.9. The van der Waals surface area contributed by atoms with Crippen LogP contribution in [0.15, 0.2) is 24.3 Å². The smallest absolute Gasteiger partial charge is 0.261 e. The van der Waals surface area contributed by atoms with Crippen molar-refractivity contribution >= 4 is 11.6 Å². The van der Waals surface area contributed by atoms with Gasteiger partial charge in [0.25, 0.3) is 5.91 Å². The number of nitrogens with zero attached hydrogens (tertiary/aromatic N) is 1. The molecule has 0 atom stereocenters. The Morgan fingerprint density at radius 3 is 1.87 bits per heavy atom. The van der Waals surface area contributed by atoms with E-state index in [9.17, 15) is 26.7 Å². The topological polar surface area (TPSA) is 52.9 Å². The van der Waals surface area contributed by atoms with Crippen molar-refractivity contribution in [2.75, 3.05) is 5.32 Å². The second kappa shape index (κ2) is 6.44. The van der Waals surface area contributed by atoms with Gasteiger partial charge in [-0.2, -0.15) is 5.26 Å². The maximum atomic E-state index is 13.5. The lowest BCUT2D eigenvalue weighted by Crippen LogP contribution is -2.19. The molecule has 3 nitrogen and oxygen atoms in total. The summed E-state index contributed by atoms with van der Waals surface area (Å²) in [5, 5.41) is 10.5. The van der Waals surface area contributed by atoms with Crippen molar-refractivity contribution in [3.63, 3.8) is 0 Å². The Kier molecular flexibility index (Phi) is 4.60. The third-order valence-electron chi connectivity index (χ3n) is 2.93. The first-order valence-corrected chi connectivity index (χ1v) is 6.15. The molecule has 0 aromatic heterocycles. The number of amides is 1. The minimum atomic E-state index is -2.34. The van der Waals surface area contributed by atoms with Crippen LogP contribution in [-0.4, -0.2) is 5.91 Å². The number of nitrogens with one attached hydrogen (secondary N) is 1. The number of halogens is 5. The van der Waals surface area contributed by atoms with E-state index in [0.717, 1.165) is 0 Å². The lowest BCUT2D eigenvalue weighted by Gasteiger charge is -2.09. The molecule has 118 valence electrons. The molecule has 0 aliphatic heterocycles. The van der Waals surface area contributed by atoms with Gasteiger partial charge in [0.2, 0.25) is 5.82 Å². The second-order valence-electron chi connectivity index (χ2n) is 4.43. The zero-order valence-corrected chi connectivity index (χ0v) is 11.3. The molecule has 2 aromatic carbocycles. The summed E-state index contributed by atoms with van der Waals surface area (Å²) in [6, 6.07) is 7.50. The Hall–Kier alpha value is -2.95. The van der Waals surface area contributed by atoms with Crippen molar-refractivity contribution in [3.05, 3.63) is 64.5 Å². The second-order valence-corrected chi connectivity index (χ2v) is 4.43. The van der Waals surface area contributed by atoms with E-state index in [1.54, 1.807) is 0 Å². The molecule has 0 radical (unpaired) electrons. The summed E-state index contributed by atoms with van der Waals surface area (Å²) in [6.45, 7) is 0. The molecule has 0 aliphatic rings. The van der Waals surface area contributed by atoms with Gasteiger partial charge >= 0.3 is 0 Å². The number of anilines is 1. The molecule has 2 rings (SSSR count). The van der Waals surface area contributed by atoms with Crippen LogP contribution in [0, 0.1) is 40.4 Å². The Balaban J connectivity index is 2.33. The van der Waals surface area contributed by atoms with Crippen molar-refractivity contribution in [1.29, 1.82) is 5.26 Å². The number of hydrogen-bond acceptors (Lipinski definition) is 2. The van der Waals surface area contributed by atoms with Gasteiger partial charge in [-0.25, -0.2) is 22.0 Å². The van der Waals surface area contributed by atoms with Crippen molar-refractivity contribution < 1.29 is 26.7 Å². The van der Waals surface area contributed by atoms with Gasteiger partial charge in [-0.3, -0.25) is 4.79 Å². The van der Waals surface area contributed by atoms with Crippen LogP contribution < -0.4 is 5.32 Å². The Bertz CT molecular complexity index is 783. The number of carbonyl (C=O) groups is 1. The zero-order valence-electron chi connectivity index (χ0n) is 11.3. The molecule has 0 unspecified atom stereocenters. The van der Waals surface area contributed by atoms with Crippen LogP contribution in [0.4, 0.5) is 27.6 Å². The molecule has 0 heterocycles. The van der Waals surface area contributed by atoms with E-state index in [0.29, 0.717) is 5.56 Å². The van der Waals surface area contributed by atoms with Gasteiger partial charge in [-0.05, 0) is 17.7 Å². The average molecular weight is 326 g/mol. The third-order valence-corrected chi connectivity index (χ3v) is 2.93. The summed E-state index contributed by atoms with van der Waals surface area (Å²) in [4.78, 5) is 11.8. The monoisotopic (exact) mass is 326 g/mol. The van der Waals surface area contributed by atoms with Crippen LogP contribution in [-0.2, 0) is 6.42 Å². The standard InChI is InChI=1S/C15H7F5N2O/c16-10-9(11(17)13(19)14(20)12(10)18)15(23)22-8-3-1-7(2-4-8)5-6-21/h1-4H,5H2,(H,22,23). The molecule has 0 bridgehead atoms. The van der Waals surface area contributed by atoms with E-state index in [1.165, 1.54) is 24.3 Å². The predicted octanol–water partition coefficient (Wildman–Crippen LogP) is 3.70. The molecule has 0 saturated carbocycles. The molecule has 0 aliphatic carbocycles. The largest absolute Gasteiger partial charge is 0.322 e. The van der Waals surface area contributed by atoms with Crippen LogP contribution in [0.25, 0.3) is 0 Å². The quantitative estimate of drug-likeness (QED) is 0.531. The molecule has 1 amide bonds. The van der Waals surface area contributed by atoms with E-state index in [4.69, 9.17) is 5.26 Å². The van der Waals surface area contributed by atoms with Crippen molar-refractivity contribution in [2.24, 2.45) is 0 Å². The highest BCUT2D eigenvalue weighted by Crippen LogP contribution is 2.24. The molecule has 0 fully saturated rings. The summed E-state index contributed by atoms with van der Waals surface area (Å²) >= 11 is 0. The van der Waals surface area contributed by atoms with Crippen LogP contribution in [0.3, 0.4) is 0 Å². The lowest BCUT2D eigenvalue weighted by molar-refractivity contribution is 0.101. The fourth-order valence-corrected chi connectivity index (χ4v) is 1.80. The maximum Gasteiger partial charge on any atom is 0.261 e. The van der Waals surface area contributed by atoms with E-state index < -0.39 is 40.6 Å². The van der Waals surface area contributed by atoms with Crippen LogP contribution in [0.5, 0.6) is 0 Å². The molecular formula is C15H7F5N2O. The summed E-state index contributed by atoms with van der Waals surface area (Å²) in [5.41, 5.74) is -0.870. The predicted molar refractivity (Wildman–Crippen MR) is 69.9 cm³/mol. The fourth-order valence-electron chi connectivity index (χ4n) is 1.80. The minimum Gasteiger partial charge on any atom is -0.322 e. The Morgan fingerprint density at radius 2 is 1.39 bits per heavy atom. The minimum absolute atomic E-state index is 0.0700. The van der Waals surface area contributed by atoms with Gasteiger partial charge in [-0.1, -0.05) is 12.1 Å². The highest BCUT2D eigenvalue weighted by Gasteiger charge is 2.29. The van der Waals surface area contributed by atoms with Crippen molar-refractivity contribution in [2.45, 2.75) is 6.42 Å². The Labute approximate surface area is 127 Å². The van der Waals surface area contributed by atoms with Crippen LogP contribution >= 0.6 is 0 Å². The van der Waals surface area contributed by atoms with Gasteiger partial charge in [-0.15, -0.1) is 0 Å². The highest BCUT2D eigenvalue weighted by atomic mass is 19.2. The maximum absolute atomic E-state index is 13.5. The van der Waals surface area contributed by atoms with E-state index in [-0.39, 0.29) is 12.1 Å². The summed E-state index contributed by atoms with van der Waals surface area (Å²) in [5.74, 6) is -12.6. The number of benzene rings is 2. The van der Waals surface area contributed by atoms with Crippen LogP contribution in [0.2, 0.25) is 0 Å². The normalized spacial score (nSPS) is 10.3. The lowest BCUT2D eigenvalue weighted by atomic mass is 10.1. The summed E-state index contributed by atoms with van der Waals surface area (Å²) in [7, 11) is 0.